The van der Waals surface area contributed by atoms with E-state index in [0.29, 0.717) is 22.4 Å². The average molecular weight is 520 g/mol. The Morgan fingerprint density at radius 1 is 0.744 bits per heavy atom. The second-order valence-corrected chi connectivity index (χ2v) is 9.40. The highest BCUT2D eigenvalue weighted by atomic mass is 19.1. The van der Waals surface area contributed by atoms with Gasteiger partial charge >= 0.3 is 5.97 Å². The largest absolute Gasteiger partial charge is 0.449 e. The number of esters is 1. The van der Waals surface area contributed by atoms with Crippen LogP contribution in [0.25, 0.3) is 33.5 Å². The first-order chi connectivity index (χ1) is 18.8. The number of hydrogen-bond donors (Lipinski definition) is 1. The van der Waals surface area contributed by atoms with E-state index in [2.05, 4.69) is 5.32 Å². The molecule has 0 bridgehead atoms. The third-order valence-electron chi connectivity index (χ3n) is 6.31. The lowest BCUT2D eigenvalue weighted by Gasteiger charge is -2.14. The number of aromatic nitrogens is 2. The lowest BCUT2D eigenvalue weighted by atomic mass is 10.0. The van der Waals surface area contributed by atoms with Crippen LogP contribution in [0.15, 0.2) is 91.0 Å². The number of halogens is 1. The fourth-order valence-electron chi connectivity index (χ4n) is 4.07. The number of carbonyl (C=O) groups excluding carboxylic acids is 2. The molecule has 1 N–H and O–H groups in total. The number of hydrogen-bond acceptors (Lipinski definition) is 5. The lowest BCUT2D eigenvalue weighted by Crippen LogP contribution is -2.30. The van der Waals surface area contributed by atoms with Crippen LogP contribution in [0, 0.1) is 19.7 Å². The van der Waals surface area contributed by atoms with Gasteiger partial charge in [0.1, 0.15) is 5.82 Å². The number of benzene rings is 4. The summed E-state index contributed by atoms with van der Waals surface area (Å²) in [6, 6.07) is 26.4. The SMILES string of the molecule is Cc1ccc(-c2nc3ccc(C(=O)OC(C)C(=O)Nc4ccc(F)cc4)cc3nc2-c2ccc(C)cc2)cc1. The van der Waals surface area contributed by atoms with Gasteiger partial charge in [-0.15, -0.1) is 0 Å². The van der Waals surface area contributed by atoms with Gasteiger partial charge in [-0.05, 0) is 63.2 Å². The lowest BCUT2D eigenvalue weighted by molar-refractivity contribution is -0.123. The minimum absolute atomic E-state index is 0.246. The maximum Gasteiger partial charge on any atom is 0.338 e. The van der Waals surface area contributed by atoms with Crippen LogP contribution in [-0.4, -0.2) is 27.9 Å². The maximum atomic E-state index is 13.1. The number of nitrogens with one attached hydrogen (secondary N) is 1. The fourth-order valence-corrected chi connectivity index (χ4v) is 4.07. The van der Waals surface area contributed by atoms with Crippen LogP contribution < -0.4 is 5.32 Å². The van der Waals surface area contributed by atoms with E-state index in [1.807, 2.05) is 62.4 Å². The summed E-state index contributed by atoms with van der Waals surface area (Å²) in [6.07, 6.45) is -1.07. The van der Waals surface area contributed by atoms with Crippen LogP contribution >= 0.6 is 0 Å². The summed E-state index contributed by atoms with van der Waals surface area (Å²) in [4.78, 5) is 35.2. The third-order valence-corrected chi connectivity index (χ3v) is 6.31. The van der Waals surface area contributed by atoms with Crippen molar-refractivity contribution in [1.29, 1.82) is 0 Å². The number of anilines is 1. The number of fused-ring (bicyclic) bond motifs is 1. The van der Waals surface area contributed by atoms with Crippen LogP contribution in [-0.2, 0) is 9.53 Å². The molecule has 0 aliphatic heterocycles. The van der Waals surface area contributed by atoms with Crippen molar-refractivity contribution in [2.45, 2.75) is 26.9 Å². The monoisotopic (exact) mass is 519 g/mol. The third kappa shape index (κ3) is 5.83. The molecule has 7 heteroatoms. The zero-order valence-corrected chi connectivity index (χ0v) is 21.7. The van der Waals surface area contributed by atoms with Crippen molar-refractivity contribution in [3.05, 3.63) is 114 Å². The Kier molecular flexibility index (Phi) is 7.14. The highest BCUT2D eigenvalue weighted by molar-refractivity contribution is 5.99. The minimum Gasteiger partial charge on any atom is -0.449 e. The molecule has 0 radical (unpaired) electrons. The summed E-state index contributed by atoms with van der Waals surface area (Å²) in [7, 11) is 0. The van der Waals surface area contributed by atoms with Crippen molar-refractivity contribution in [3.63, 3.8) is 0 Å². The molecule has 0 aliphatic carbocycles. The summed E-state index contributed by atoms with van der Waals surface area (Å²) in [6.45, 7) is 5.53. The average Bonchev–Trinajstić information content (AvgIpc) is 2.94. The summed E-state index contributed by atoms with van der Waals surface area (Å²) in [5.74, 6) is -1.61. The fraction of sp³-hybridized carbons (Fsp3) is 0.125. The molecule has 6 nitrogen and oxygen atoms in total. The molecular weight excluding hydrogens is 493 g/mol. The van der Waals surface area contributed by atoms with E-state index in [1.54, 1.807) is 18.2 Å². The van der Waals surface area contributed by atoms with E-state index in [-0.39, 0.29) is 5.56 Å². The number of nitrogens with zero attached hydrogens (tertiary/aromatic N) is 2. The summed E-state index contributed by atoms with van der Waals surface area (Å²) in [5, 5.41) is 2.60. The molecule has 4 aromatic carbocycles. The van der Waals surface area contributed by atoms with Crippen molar-refractivity contribution < 1.29 is 18.7 Å². The molecule has 0 saturated heterocycles. The molecule has 5 aromatic rings. The molecule has 0 fully saturated rings. The van der Waals surface area contributed by atoms with E-state index < -0.39 is 23.8 Å². The van der Waals surface area contributed by atoms with Gasteiger partial charge < -0.3 is 10.1 Å². The summed E-state index contributed by atoms with van der Waals surface area (Å²) >= 11 is 0. The highest BCUT2D eigenvalue weighted by Gasteiger charge is 2.20. The number of ether oxygens (including phenoxy) is 1. The first-order valence-corrected chi connectivity index (χ1v) is 12.5. The molecule has 0 saturated carbocycles. The Bertz CT molecular complexity index is 1670. The first kappa shape index (κ1) is 25.7. The van der Waals surface area contributed by atoms with Crippen LogP contribution in [0.5, 0.6) is 0 Å². The van der Waals surface area contributed by atoms with Gasteiger partial charge in [-0.3, -0.25) is 4.79 Å². The van der Waals surface area contributed by atoms with Gasteiger partial charge in [0.25, 0.3) is 5.91 Å². The van der Waals surface area contributed by atoms with Crippen molar-refractivity contribution in [2.24, 2.45) is 0 Å². The van der Waals surface area contributed by atoms with Crippen molar-refractivity contribution in [3.8, 4) is 22.5 Å². The van der Waals surface area contributed by atoms with Crippen molar-refractivity contribution >= 4 is 28.6 Å². The Hall–Kier alpha value is -4.91. The molecule has 194 valence electrons. The predicted octanol–water partition coefficient (Wildman–Crippen LogP) is 6.90. The molecule has 5 rings (SSSR count). The smallest absolute Gasteiger partial charge is 0.338 e. The Morgan fingerprint density at radius 3 is 1.85 bits per heavy atom. The second kappa shape index (κ2) is 10.8. The Morgan fingerprint density at radius 2 is 1.28 bits per heavy atom. The van der Waals surface area contributed by atoms with Gasteiger partial charge in [0, 0.05) is 16.8 Å². The molecule has 1 aromatic heterocycles. The predicted molar refractivity (Wildman–Crippen MR) is 150 cm³/mol. The van der Waals surface area contributed by atoms with Crippen molar-refractivity contribution in [1.82, 2.24) is 9.97 Å². The zero-order chi connectivity index (χ0) is 27.5. The van der Waals surface area contributed by atoms with Gasteiger partial charge in [0.2, 0.25) is 0 Å². The molecular formula is C32H26FN3O3. The van der Waals surface area contributed by atoms with E-state index >= 15 is 0 Å². The second-order valence-electron chi connectivity index (χ2n) is 9.40. The summed E-state index contributed by atoms with van der Waals surface area (Å²) < 4.78 is 18.5. The standard InChI is InChI=1S/C32H26FN3O3/c1-19-4-8-22(9-5-19)29-30(23-10-6-20(2)7-11-23)36-28-18-24(12-17-27(28)35-29)32(38)39-21(3)31(37)34-26-15-13-25(33)14-16-26/h4-18,21H,1-3H3,(H,34,37). The summed E-state index contributed by atoms with van der Waals surface area (Å²) in [5.41, 5.74) is 7.37. The van der Waals surface area contributed by atoms with Crippen LogP contribution in [0.2, 0.25) is 0 Å². The molecule has 0 spiro atoms. The Balaban J connectivity index is 1.44. The molecule has 39 heavy (non-hydrogen) atoms. The van der Waals surface area contributed by atoms with E-state index in [9.17, 15) is 14.0 Å². The van der Waals surface area contributed by atoms with Crippen LogP contribution in [0.1, 0.15) is 28.4 Å². The van der Waals surface area contributed by atoms with Gasteiger partial charge in [0.15, 0.2) is 6.10 Å². The Labute approximate surface area is 225 Å². The molecule has 1 heterocycles. The number of carbonyl (C=O) groups is 2. The quantitative estimate of drug-likeness (QED) is 0.247. The van der Waals surface area contributed by atoms with Crippen LogP contribution in [0.4, 0.5) is 10.1 Å². The van der Waals surface area contributed by atoms with Gasteiger partial charge in [-0.2, -0.15) is 0 Å². The van der Waals surface area contributed by atoms with E-state index in [1.165, 1.54) is 31.2 Å². The number of amides is 1. The molecule has 0 aliphatic rings. The normalized spacial score (nSPS) is 11.7. The number of aryl methyl sites for hydroxylation is 2. The van der Waals surface area contributed by atoms with E-state index in [0.717, 1.165) is 27.9 Å². The number of rotatable bonds is 6. The molecule has 1 atom stereocenters. The van der Waals surface area contributed by atoms with Crippen molar-refractivity contribution in [2.75, 3.05) is 5.32 Å². The molecule has 1 unspecified atom stereocenters. The first-order valence-electron chi connectivity index (χ1n) is 12.5. The van der Waals surface area contributed by atoms with Gasteiger partial charge in [-0.1, -0.05) is 59.7 Å². The maximum absolute atomic E-state index is 13.1. The minimum atomic E-state index is -1.07. The zero-order valence-electron chi connectivity index (χ0n) is 21.7. The highest BCUT2D eigenvalue weighted by Crippen LogP contribution is 2.31. The van der Waals surface area contributed by atoms with Crippen LogP contribution in [0.3, 0.4) is 0 Å². The van der Waals surface area contributed by atoms with E-state index in [4.69, 9.17) is 14.7 Å². The van der Waals surface area contributed by atoms with Gasteiger partial charge in [0.05, 0.1) is 28.0 Å². The topological polar surface area (TPSA) is 81.2 Å². The molecule has 1 amide bonds. The van der Waals surface area contributed by atoms with Gasteiger partial charge in [-0.25, -0.2) is 19.2 Å².